The number of benzene rings is 2. The van der Waals surface area contributed by atoms with E-state index in [1.807, 2.05) is 31.2 Å². The van der Waals surface area contributed by atoms with Gasteiger partial charge in [-0.2, -0.15) is 0 Å². The average molecular weight is 342 g/mol. The van der Waals surface area contributed by atoms with Crippen LogP contribution in [0.5, 0.6) is 5.75 Å². The summed E-state index contributed by atoms with van der Waals surface area (Å²) < 4.78 is 18.8. The van der Waals surface area contributed by atoms with Crippen LogP contribution >= 0.6 is 0 Å². The largest absolute Gasteiger partial charge is 0.491 e. The molecule has 6 heteroatoms. The standard InChI is InChI=1S/C19H19FN2O3/c1-13-5-3-4-6-16(13)25-12-11-22-17(23)19(2,21-18(22)24)14-7-9-15(20)10-8-14/h3-10H,11-12H2,1-2H3,(H,21,24)/t19-/m1/s1. The second-order valence-corrected chi connectivity index (χ2v) is 6.13. The molecule has 0 saturated carbocycles. The van der Waals surface area contributed by atoms with Gasteiger partial charge < -0.3 is 10.1 Å². The fourth-order valence-electron chi connectivity index (χ4n) is 2.84. The second kappa shape index (κ2) is 6.55. The number of ether oxygens (including phenoxy) is 1. The minimum absolute atomic E-state index is 0.135. The molecule has 1 aliphatic rings. The fraction of sp³-hybridized carbons (Fsp3) is 0.263. The molecule has 0 radical (unpaired) electrons. The van der Waals surface area contributed by atoms with Gasteiger partial charge in [0.05, 0.1) is 6.54 Å². The minimum atomic E-state index is -1.20. The Morgan fingerprint density at radius 1 is 1.12 bits per heavy atom. The van der Waals surface area contributed by atoms with Crippen LogP contribution in [0.4, 0.5) is 9.18 Å². The molecule has 1 heterocycles. The quantitative estimate of drug-likeness (QED) is 0.850. The summed E-state index contributed by atoms with van der Waals surface area (Å²) >= 11 is 0. The van der Waals surface area contributed by atoms with Crippen LogP contribution in [0.2, 0.25) is 0 Å². The Hall–Kier alpha value is -2.89. The molecule has 0 aliphatic carbocycles. The lowest BCUT2D eigenvalue weighted by Gasteiger charge is -2.22. The molecule has 0 unspecified atom stereocenters. The first-order chi connectivity index (χ1) is 11.9. The van der Waals surface area contributed by atoms with Crippen LogP contribution in [0.3, 0.4) is 0 Å². The van der Waals surface area contributed by atoms with Gasteiger partial charge in [-0.3, -0.25) is 9.69 Å². The smallest absolute Gasteiger partial charge is 0.325 e. The number of para-hydroxylation sites is 1. The van der Waals surface area contributed by atoms with Gasteiger partial charge in [-0.25, -0.2) is 9.18 Å². The molecule has 1 fully saturated rings. The van der Waals surface area contributed by atoms with Crippen LogP contribution in [-0.2, 0) is 10.3 Å². The lowest BCUT2D eigenvalue weighted by atomic mass is 9.92. The van der Waals surface area contributed by atoms with Crippen molar-refractivity contribution >= 4 is 11.9 Å². The van der Waals surface area contributed by atoms with Crippen molar-refractivity contribution in [3.63, 3.8) is 0 Å². The number of amides is 3. The highest BCUT2D eigenvalue weighted by molar-refractivity contribution is 6.07. The summed E-state index contributed by atoms with van der Waals surface area (Å²) in [5, 5.41) is 2.69. The number of nitrogens with one attached hydrogen (secondary N) is 1. The lowest BCUT2D eigenvalue weighted by molar-refractivity contribution is -0.131. The van der Waals surface area contributed by atoms with Crippen molar-refractivity contribution in [2.75, 3.05) is 13.2 Å². The van der Waals surface area contributed by atoms with Crippen LogP contribution in [0.25, 0.3) is 0 Å². The first-order valence-corrected chi connectivity index (χ1v) is 8.00. The normalized spacial score (nSPS) is 19.9. The van der Waals surface area contributed by atoms with Crippen LogP contribution in [-0.4, -0.2) is 30.0 Å². The van der Waals surface area contributed by atoms with Crippen LogP contribution in [0, 0.1) is 12.7 Å². The number of hydrogen-bond donors (Lipinski definition) is 1. The zero-order valence-electron chi connectivity index (χ0n) is 14.1. The van der Waals surface area contributed by atoms with Crippen molar-refractivity contribution in [1.29, 1.82) is 0 Å². The van der Waals surface area contributed by atoms with E-state index in [4.69, 9.17) is 4.74 Å². The van der Waals surface area contributed by atoms with E-state index in [9.17, 15) is 14.0 Å². The number of aryl methyl sites for hydroxylation is 1. The Bertz CT molecular complexity index is 807. The maximum absolute atomic E-state index is 13.1. The van der Waals surface area contributed by atoms with Crippen LogP contribution < -0.4 is 10.1 Å². The topological polar surface area (TPSA) is 58.6 Å². The van der Waals surface area contributed by atoms with Gasteiger partial charge in [-0.1, -0.05) is 30.3 Å². The predicted molar refractivity (Wildman–Crippen MR) is 90.7 cm³/mol. The summed E-state index contributed by atoms with van der Waals surface area (Å²) in [4.78, 5) is 26.1. The Balaban J connectivity index is 1.69. The minimum Gasteiger partial charge on any atom is -0.491 e. The molecule has 25 heavy (non-hydrogen) atoms. The summed E-state index contributed by atoms with van der Waals surface area (Å²) in [6.45, 7) is 3.87. The second-order valence-electron chi connectivity index (χ2n) is 6.13. The summed E-state index contributed by atoms with van der Waals surface area (Å²) in [5.74, 6) is -0.0547. The van der Waals surface area contributed by atoms with Crippen molar-refractivity contribution in [2.45, 2.75) is 19.4 Å². The molecule has 1 N–H and O–H groups in total. The van der Waals surface area contributed by atoms with Gasteiger partial charge in [0.2, 0.25) is 0 Å². The van der Waals surface area contributed by atoms with Crippen LogP contribution in [0.15, 0.2) is 48.5 Å². The summed E-state index contributed by atoms with van der Waals surface area (Å²) in [5.41, 5.74) is 0.318. The van der Waals surface area contributed by atoms with Gasteiger partial charge in [0.25, 0.3) is 5.91 Å². The molecule has 3 rings (SSSR count). The highest BCUT2D eigenvalue weighted by Crippen LogP contribution is 2.28. The number of imide groups is 1. The molecule has 5 nitrogen and oxygen atoms in total. The molecule has 0 aromatic heterocycles. The monoisotopic (exact) mass is 342 g/mol. The highest BCUT2D eigenvalue weighted by Gasteiger charge is 2.48. The first-order valence-electron chi connectivity index (χ1n) is 8.00. The van der Waals surface area contributed by atoms with Crippen molar-refractivity contribution in [3.05, 3.63) is 65.5 Å². The van der Waals surface area contributed by atoms with E-state index in [1.54, 1.807) is 6.92 Å². The third-order valence-electron chi connectivity index (χ3n) is 4.36. The molecule has 2 aromatic rings. The fourth-order valence-corrected chi connectivity index (χ4v) is 2.84. The number of urea groups is 1. The third-order valence-corrected chi connectivity index (χ3v) is 4.36. The molecule has 1 saturated heterocycles. The molecule has 130 valence electrons. The van der Waals surface area contributed by atoms with E-state index in [0.717, 1.165) is 16.2 Å². The molecule has 2 aromatic carbocycles. The van der Waals surface area contributed by atoms with E-state index in [1.165, 1.54) is 24.3 Å². The van der Waals surface area contributed by atoms with Gasteiger partial charge in [0, 0.05) is 0 Å². The molecule has 0 spiro atoms. The Kier molecular flexibility index (Phi) is 4.44. The number of hydrogen-bond acceptors (Lipinski definition) is 3. The first kappa shape index (κ1) is 17.0. The molecule has 1 aliphatic heterocycles. The van der Waals surface area contributed by atoms with Crippen molar-refractivity contribution in [3.8, 4) is 5.75 Å². The van der Waals surface area contributed by atoms with E-state index < -0.39 is 17.4 Å². The van der Waals surface area contributed by atoms with Crippen LogP contribution in [0.1, 0.15) is 18.1 Å². The zero-order valence-corrected chi connectivity index (χ0v) is 14.1. The zero-order chi connectivity index (χ0) is 18.0. The highest BCUT2D eigenvalue weighted by atomic mass is 19.1. The van der Waals surface area contributed by atoms with Gasteiger partial charge in [-0.15, -0.1) is 0 Å². The van der Waals surface area contributed by atoms with Gasteiger partial charge in [0.15, 0.2) is 0 Å². The van der Waals surface area contributed by atoms with Crippen molar-refractivity contribution in [1.82, 2.24) is 10.2 Å². The third kappa shape index (κ3) is 3.20. The van der Waals surface area contributed by atoms with Gasteiger partial charge >= 0.3 is 6.03 Å². The number of halogens is 1. The van der Waals surface area contributed by atoms with E-state index in [2.05, 4.69) is 5.32 Å². The van der Waals surface area contributed by atoms with E-state index in [0.29, 0.717) is 5.56 Å². The number of carbonyl (C=O) groups is 2. The summed E-state index contributed by atoms with van der Waals surface area (Å²) in [6.07, 6.45) is 0. The van der Waals surface area contributed by atoms with Gasteiger partial charge in [0.1, 0.15) is 23.7 Å². The van der Waals surface area contributed by atoms with E-state index in [-0.39, 0.29) is 19.1 Å². The lowest BCUT2D eigenvalue weighted by Crippen LogP contribution is -2.41. The molecule has 3 amide bonds. The Morgan fingerprint density at radius 3 is 2.48 bits per heavy atom. The molecular formula is C19H19FN2O3. The number of carbonyl (C=O) groups excluding carboxylic acids is 2. The van der Waals surface area contributed by atoms with E-state index >= 15 is 0 Å². The van der Waals surface area contributed by atoms with Crippen molar-refractivity contribution < 1.29 is 18.7 Å². The Morgan fingerprint density at radius 2 is 1.80 bits per heavy atom. The molecule has 1 atom stereocenters. The molecule has 0 bridgehead atoms. The Labute approximate surface area is 145 Å². The predicted octanol–water partition coefficient (Wildman–Crippen LogP) is 2.98. The number of nitrogens with zero attached hydrogens (tertiary/aromatic N) is 1. The van der Waals surface area contributed by atoms with Gasteiger partial charge in [-0.05, 0) is 43.2 Å². The average Bonchev–Trinajstić information content (AvgIpc) is 2.81. The summed E-state index contributed by atoms with van der Waals surface area (Å²) in [6, 6.07) is 12.6. The SMILES string of the molecule is Cc1ccccc1OCCN1C(=O)N[C@](C)(c2ccc(F)cc2)C1=O. The summed E-state index contributed by atoms with van der Waals surface area (Å²) in [7, 11) is 0. The molecular weight excluding hydrogens is 323 g/mol. The maximum Gasteiger partial charge on any atom is 0.325 e. The van der Waals surface area contributed by atoms with Crippen molar-refractivity contribution in [2.24, 2.45) is 0 Å². The number of rotatable bonds is 5. The maximum atomic E-state index is 13.1.